The summed E-state index contributed by atoms with van der Waals surface area (Å²) < 4.78 is 13.6. The van der Waals surface area contributed by atoms with Gasteiger partial charge in [-0.05, 0) is 17.5 Å². The van der Waals surface area contributed by atoms with E-state index in [2.05, 4.69) is 0 Å². The molecule has 2 rings (SSSR count). The van der Waals surface area contributed by atoms with Crippen molar-refractivity contribution < 1.29 is 9.50 Å². The molecule has 4 heteroatoms. The molecule has 0 atom stereocenters. The van der Waals surface area contributed by atoms with E-state index in [1.807, 2.05) is 0 Å². The summed E-state index contributed by atoms with van der Waals surface area (Å²) >= 11 is 6.83. The summed E-state index contributed by atoms with van der Waals surface area (Å²) in [5.74, 6) is -0.433. The van der Waals surface area contributed by atoms with Crippen molar-refractivity contribution in [2.75, 3.05) is 0 Å². The van der Waals surface area contributed by atoms with E-state index in [4.69, 9.17) is 11.6 Å². The van der Waals surface area contributed by atoms with Crippen LogP contribution in [-0.2, 0) is 0 Å². The lowest BCUT2D eigenvalue weighted by Crippen LogP contribution is -1.76. The van der Waals surface area contributed by atoms with Gasteiger partial charge in [-0.15, -0.1) is 11.3 Å². The largest absolute Gasteiger partial charge is 0.505 e. The predicted molar refractivity (Wildman–Crippen MR) is 48.5 cm³/mol. The van der Waals surface area contributed by atoms with Gasteiger partial charge in [-0.3, -0.25) is 0 Å². The Bertz CT molecular complexity index is 438. The summed E-state index contributed by atoms with van der Waals surface area (Å²) in [7, 11) is 0. The van der Waals surface area contributed by atoms with Gasteiger partial charge in [0.2, 0.25) is 0 Å². The van der Waals surface area contributed by atoms with Crippen LogP contribution in [0.2, 0.25) is 5.02 Å². The Kier molecular flexibility index (Phi) is 1.70. The van der Waals surface area contributed by atoms with E-state index in [1.54, 1.807) is 11.4 Å². The summed E-state index contributed by atoms with van der Waals surface area (Å²) in [5.41, 5.74) is 0. The quantitative estimate of drug-likeness (QED) is 0.694. The smallest absolute Gasteiger partial charge is 0.152 e. The fourth-order valence-corrected chi connectivity index (χ4v) is 2.15. The van der Waals surface area contributed by atoms with Crippen molar-refractivity contribution in [3.63, 3.8) is 0 Å². The maximum Gasteiger partial charge on any atom is 0.152 e. The third kappa shape index (κ3) is 0.974. The lowest BCUT2D eigenvalue weighted by Gasteiger charge is -1.98. The molecule has 1 N–H and O–H groups in total. The predicted octanol–water partition coefficient (Wildman–Crippen LogP) is 3.40. The number of benzene rings is 1. The molecular formula is C8H4ClFOS. The van der Waals surface area contributed by atoms with Crippen LogP contribution in [0.5, 0.6) is 5.75 Å². The number of aromatic hydroxyl groups is 1. The second-order valence-electron chi connectivity index (χ2n) is 2.35. The lowest BCUT2D eigenvalue weighted by molar-refractivity contribution is 0.481. The monoisotopic (exact) mass is 202 g/mol. The SMILES string of the molecule is Oc1c(Cl)cc(F)c2ccsc12. The molecular weight excluding hydrogens is 199 g/mol. The zero-order valence-electron chi connectivity index (χ0n) is 5.84. The minimum absolute atomic E-state index is 0.0388. The molecule has 0 aliphatic heterocycles. The van der Waals surface area contributed by atoms with E-state index in [0.717, 1.165) is 6.07 Å². The van der Waals surface area contributed by atoms with Crippen molar-refractivity contribution in [3.05, 3.63) is 28.4 Å². The van der Waals surface area contributed by atoms with Gasteiger partial charge in [-0.1, -0.05) is 11.6 Å². The van der Waals surface area contributed by atoms with Gasteiger partial charge < -0.3 is 5.11 Å². The highest BCUT2D eigenvalue weighted by Crippen LogP contribution is 2.37. The number of halogens is 2. The molecule has 0 radical (unpaired) electrons. The molecule has 0 bridgehead atoms. The molecule has 0 unspecified atom stereocenters. The first kappa shape index (κ1) is 7.83. The van der Waals surface area contributed by atoms with Crippen LogP contribution in [0.1, 0.15) is 0 Å². The number of phenols is 1. The van der Waals surface area contributed by atoms with E-state index in [-0.39, 0.29) is 10.8 Å². The molecule has 1 nitrogen and oxygen atoms in total. The maximum absolute atomic E-state index is 13.1. The van der Waals surface area contributed by atoms with Gasteiger partial charge in [0, 0.05) is 5.39 Å². The molecule has 2 aromatic rings. The number of phenolic OH excluding ortho intramolecular Hbond substituents is 1. The fourth-order valence-electron chi connectivity index (χ4n) is 1.05. The van der Waals surface area contributed by atoms with Crippen molar-refractivity contribution >= 4 is 33.0 Å². The van der Waals surface area contributed by atoms with Gasteiger partial charge >= 0.3 is 0 Å². The lowest BCUT2D eigenvalue weighted by atomic mass is 10.2. The maximum atomic E-state index is 13.1. The second kappa shape index (κ2) is 2.61. The summed E-state index contributed by atoms with van der Waals surface area (Å²) in [6, 6.07) is 2.73. The van der Waals surface area contributed by atoms with Crippen LogP contribution in [0.15, 0.2) is 17.5 Å². The molecule has 0 spiro atoms. The van der Waals surface area contributed by atoms with Crippen molar-refractivity contribution in [1.29, 1.82) is 0 Å². The average Bonchev–Trinajstić information content (AvgIpc) is 2.48. The third-order valence-electron chi connectivity index (χ3n) is 1.62. The molecule has 0 saturated heterocycles. The third-order valence-corrected chi connectivity index (χ3v) is 2.83. The highest BCUT2D eigenvalue weighted by atomic mass is 35.5. The van der Waals surface area contributed by atoms with Crippen LogP contribution in [0, 0.1) is 5.82 Å². The number of rotatable bonds is 0. The number of hydrogen-bond donors (Lipinski definition) is 1. The Balaban J connectivity index is 2.97. The van der Waals surface area contributed by atoms with Gasteiger partial charge in [0.05, 0.1) is 9.72 Å². The van der Waals surface area contributed by atoms with Crippen LogP contribution < -0.4 is 0 Å². The van der Waals surface area contributed by atoms with Gasteiger partial charge in [-0.25, -0.2) is 4.39 Å². The molecule has 0 amide bonds. The first-order chi connectivity index (χ1) is 5.70. The number of hydrogen-bond acceptors (Lipinski definition) is 2. The molecule has 1 heterocycles. The summed E-state index contributed by atoms with van der Waals surface area (Å²) in [6.45, 7) is 0. The standard InChI is InChI=1S/C8H4ClFOS/c9-5-3-6(10)4-1-2-12-8(4)7(5)11/h1-3,11H. The minimum atomic E-state index is -0.394. The topological polar surface area (TPSA) is 20.2 Å². The van der Waals surface area contributed by atoms with Gasteiger partial charge in [0.25, 0.3) is 0 Å². The molecule has 0 aliphatic rings. The first-order valence-electron chi connectivity index (χ1n) is 3.24. The van der Waals surface area contributed by atoms with E-state index in [1.165, 1.54) is 11.3 Å². The summed E-state index contributed by atoms with van der Waals surface area (Å²) in [5, 5.41) is 11.6. The fraction of sp³-hybridized carbons (Fsp3) is 0. The molecule has 0 fully saturated rings. The minimum Gasteiger partial charge on any atom is -0.505 e. The molecule has 62 valence electrons. The summed E-state index contributed by atoms with van der Waals surface area (Å²) in [4.78, 5) is 0. The molecule has 0 saturated carbocycles. The van der Waals surface area contributed by atoms with Crippen molar-refractivity contribution in [2.45, 2.75) is 0 Å². The molecule has 12 heavy (non-hydrogen) atoms. The normalized spacial score (nSPS) is 10.8. The van der Waals surface area contributed by atoms with Crippen LogP contribution in [-0.4, -0.2) is 5.11 Å². The zero-order chi connectivity index (χ0) is 8.72. The van der Waals surface area contributed by atoms with Crippen LogP contribution >= 0.6 is 22.9 Å². The Hall–Kier alpha value is -0.800. The molecule has 1 aromatic carbocycles. The first-order valence-corrected chi connectivity index (χ1v) is 4.50. The van der Waals surface area contributed by atoms with Crippen molar-refractivity contribution in [1.82, 2.24) is 0 Å². The second-order valence-corrected chi connectivity index (χ2v) is 3.68. The van der Waals surface area contributed by atoms with E-state index in [0.29, 0.717) is 10.1 Å². The Morgan fingerprint density at radius 3 is 3.00 bits per heavy atom. The van der Waals surface area contributed by atoms with Gasteiger partial charge in [-0.2, -0.15) is 0 Å². The van der Waals surface area contributed by atoms with E-state index in [9.17, 15) is 9.50 Å². The van der Waals surface area contributed by atoms with E-state index >= 15 is 0 Å². The van der Waals surface area contributed by atoms with E-state index < -0.39 is 5.82 Å². The van der Waals surface area contributed by atoms with Crippen molar-refractivity contribution in [2.24, 2.45) is 0 Å². The molecule has 0 aliphatic carbocycles. The number of fused-ring (bicyclic) bond motifs is 1. The average molecular weight is 203 g/mol. The highest BCUT2D eigenvalue weighted by molar-refractivity contribution is 7.17. The van der Waals surface area contributed by atoms with Crippen molar-refractivity contribution in [3.8, 4) is 5.75 Å². The van der Waals surface area contributed by atoms with Gasteiger partial charge in [0.1, 0.15) is 5.82 Å². The summed E-state index contributed by atoms with van der Waals surface area (Å²) in [6.07, 6.45) is 0. The highest BCUT2D eigenvalue weighted by Gasteiger charge is 2.10. The zero-order valence-corrected chi connectivity index (χ0v) is 7.42. The van der Waals surface area contributed by atoms with Crippen LogP contribution in [0.3, 0.4) is 0 Å². The molecule has 1 aromatic heterocycles. The van der Waals surface area contributed by atoms with Gasteiger partial charge in [0.15, 0.2) is 5.75 Å². The Labute approximate surface area is 77.0 Å². The Morgan fingerprint density at radius 2 is 2.25 bits per heavy atom. The van der Waals surface area contributed by atoms with Crippen LogP contribution in [0.25, 0.3) is 10.1 Å². The number of thiophene rings is 1. The van der Waals surface area contributed by atoms with Crippen LogP contribution in [0.4, 0.5) is 4.39 Å². The Morgan fingerprint density at radius 1 is 1.50 bits per heavy atom.